The maximum atomic E-state index is 13.2. The summed E-state index contributed by atoms with van der Waals surface area (Å²) in [6.45, 7) is 2.82. The number of ether oxygens (including phenoxy) is 4. The Bertz CT molecular complexity index is 1450. The fourth-order valence-corrected chi connectivity index (χ4v) is 4.63. The molecule has 0 aliphatic carbocycles. The molecule has 47 heavy (non-hydrogen) atoms. The van der Waals surface area contributed by atoms with Crippen LogP contribution in [0.15, 0.2) is 48.5 Å². The lowest BCUT2D eigenvalue weighted by Crippen LogP contribution is -2.35. The van der Waals surface area contributed by atoms with Crippen LogP contribution in [-0.2, 0) is 54.3 Å². The highest BCUT2D eigenvalue weighted by Gasteiger charge is 2.32. The van der Waals surface area contributed by atoms with E-state index in [-0.39, 0.29) is 70.3 Å². The minimum absolute atomic E-state index is 0.0467. The summed E-state index contributed by atoms with van der Waals surface area (Å²) in [5.41, 5.74) is 3.40. The van der Waals surface area contributed by atoms with E-state index in [2.05, 4.69) is 17.2 Å². The molecule has 1 fully saturated rings. The van der Waals surface area contributed by atoms with Crippen molar-refractivity contribution in [3.8, 4) is 11.8 Å². The van der Waals surface area contributed by atoms with Gasteiger partial charge < -0.3 is 34.0 Å². The highest BCUT2D eigenvalue weighted by atomic mass is 16.7. The van der Waals surface area contributed by atoms with Crippen LogP contribution in [0.3, 0.4) is 0 Å². The molecule has 0 radical (unpaired) electrons. The highest BCUT2D eigenvalue weighted by Crippen LogP contribution is 2.25. The molecule has 2 aromatic rings. The summed E-state index contributed by atoms with van der Waals surface area (Å²) in [7, 11) is 0. The zero-order valence-corrected chi connectivity index (χ0v) is 26.2. The van der Waals surface area contributed by atoms with Gasteiger partial charge in [-0.15, -0.1) is 5.06 Å². The van der Waals surface area contributed by atoms with Crippen LogP contribution in [-0.4, -0.2) is 94.1 Å². The van der Waals surface area contributed by atoms with Crippen molar-refractivity contribution in [3.63, 3.8) is 0 Å². The van der Waals surface area contributed by atoms with Crippen LogP contribution in [0.2, 0.25) is 0 Å². The fraction of sp³-hybridized carbons (Fsp3) is 0.441. The van der Waals surface area contributed by atoms with Crippen molar-refractivity contribution in [2.24, 2.45) is 0 Å². The molecular weight excluding hydrogens is 610 g/mol. The number of carbonyl (C=O) groups is 5. The summed E-state index contributed by atoms with van der Waals surface area (Å²) < 4.78 is 21.6. The fourth-order valence-electron chi connectivity index (χ4n) is 4.63. The summed E-state index contributed by atoms with van der Waals surface area (Å²) in [6, 6.07) is 15.3. The molecule has 2 aliphatic heterocycles. The standard InChI is InChI=1S/C34H39N3O10/c38-30(35-16-13-31(39)36-25-28-7-2-1-5-26(28)9-10-27-6-3-4-8-29(27)36)14-17-43-19-21-45-23-24-46-22-20-44-18-15-34(42)47-37-32(40)11-12-33(37)41/h1-8H,11-25H2,(H,35,38). The van der Waals surface area contributed by atoms with Crippen LogP contribution in [0.25, 0.3) is 0 Å². The van der Waals surface area contributed by atoms with Gasteiger partial charge in [0.2, 0.25) is 11.8 Å². The van der Waals surface area contributed by atoms with Crippen molar-refractivity contribution in [3.05, 3.63) is 65.2 Å². The van der Waals surface area contributed by atoms with E-state index in [9.17, 15) is 24.0 Å². The molecule has 0 spiro atoms. The average Bonchev–Trinajstić information content (AvgIpc) is 3.38. The number of imide groups is 1. The number of hydrogen-bond acceptors (Lipinski definition) is 10. The normalized spacial score (nSPS) is 13.6. The van der Waals surface area contributed by atoms with E-state index in [0.29, 0.717) is 44.6 Å². The number of para-hydroxylation sites is 1. The molecule has 2 aromatic carbocycles. The lowest BCUT2D eigenvalue weighted by Gasteiger charge is -2.26. The highest BCUT2D eigenvalue weighted by molar-refractivity contribution is 6.01. The molecule has 0 bridgehead atoms. The van der Waals surface area contributed by atoms with E-state index in [1.54, 1.807) is 4.90 Å². The van der Waals surface area contributed by atoms with E-state index in [0.717, 1.165) is 22.4 Å². The molecule has 13 heteroatoms. The van der Waals surface area contributed by atoms with Gasteiger partial charge in [-0.3, -0.25) is 19.2 Å². The molecule has 0 aromatic heterocycles. The van der Waals surface area contributed by atoms with Gasteiger partial charge in [-0.25, -0.2) is 4.79 Å². The molecule has 4 rings (SSSR count). The van der Waals surface area contributed by atoms with Crippen molar-refractivity contribution in [1.82, 2.24) is 10.4 Å². The first-order valence-corrected chi connectivity index (χ1v) is 15.6. The minimum atomic E-state index is -0.716. The number of nitrogens with zero attached hydrogens (tertiary/aromatic N) is 2. The second kappa shape index (κ2) is 19.1. The molecule has 0 unspecified atom stereocenters. The van der Waals surface area contributed by atoms with E-state index < -0.39 is 17.8 Å². The van der Waals surface area contributed by atoms with E-state index in [1.165, 1.54) is 0 Å². The second-order valence-corrected chi connectivity index (χ2v) is 10.5. The number of nitrogens with one attached hydrogen (secondary N) is 1. The molecular formula is C34H39N3O10. The van der Waals surface area contributed by atoms with Crippen molar-refractivity contribution in [2.75, 3.05) is 64.3 Å². The van der Waals surface area contributed by atoms with Gasteiger partial charge in [0.25, 0.3) is 11.8 Å². The molecule has 0 atom stereocenters. The lowest BCUT2D eigenvalue weighted by atomic mass is 10.0. The molecule has 13 nitrogen and oxygen atoms in total. The van der Waals surface area contributed by atoms with Crippen molar-refractivity contribution in [1.29, 1.82) is 0 Å². The smallest absolute Gasteiger partial charge is 0.335 e. The van der Waals surface area contributed by atoms with Gasteiger partial charge in [0, 0.05) is 43.4 Å². The predicted octanol–water partition coefficient (Wildman–Crippen LogP) is 1.89. The summed E-state index contributed by atoms with van der Waals surface area (Å²) in [4.78, 5) is 66.5. The summed E-state index contributed by atoms with van der Waals surface area (Å²) in [5, 5.41) is 3.30. The predicted molar refractivity (Wildman–Crippen MR) is 167 cm³/mol. The first kappa shape index (κ1) is 35.2. The molecule has 1 saturated heterocycles. The van der Waals surface area contributed by atoms with Crippen LogP contribution >= 0.6 is 0 Å². The molecule has 2 heterocycles. The van der Waals surface area contributed by atoms with Crippen LogP contribution in [0.4, 0.5) is 5.69 Å². The number of amides is 4. The van der Waals surface area contributed by atoms with Crippen LogP contribution in [0, 0.1) is 11.8 Å². The van der Waals surface area contributed by atoms with Gasteiger partial charge in [0.15, 0.2) is 0 Å². The van der Waals surface area contributed by atoms with E-state index in [4.69, 9.17) is 23.8 Å². The Hall–Kier alpha value is -4.61. The summed E-state index contributed by atoms with van der Waals surface area (Å²) >= 11 is 0. The number of anilines is 1. The van der Waals surface area contributed by atoms with Gasteiger partial charge >= 0.3 is 5.97 Å². The van der Waals surface area contributed by atoms with Crippen molar-refractivity contribution < 1.29 is 47.8 Å². The Labute approximate surface area is 273 Å². The van der Waals surface area contributed by atoms with Gasteiger partial charge in [-0.2, -0.15) is 0 Å². The number of fused-ring (bicyclic) bond motifs is 2. The topological polar surface area (TPSA) is 150 Å². The monoisotopic (exact) mass is 649 g/mol. The van der Waals surface area contributed by atoms with Gasteiger partial charge in [0.1, 0.15) is 0 Å². The minimum Gasteiger partial charge on any atom is -0.379 e. The summed E-state index contributed by atoms with van der Waals surface area (Å²) in [5.74, 6) is 4.32. The lowest BCUT2D eigenvalue weighted by molar-refractivity contribution is -0.198. The molecule has 0 saturated carbocycles. The third kappa shape index (κ3) is 11.6. The number of hydroxylamine groups is 2. The van der Waals surface area contributed by atoms with Crippen molar-refractivity contribution >= 4 is 35.3 Å². The maximum absolute atomic E-state index is 13.2. The van der Waals surface area contributed by atoms with E-state index in [1.807, 2.05) is 48.5 Å². The number of carbonyl (C=O) groups excluding carboxylic acids is 5. The molecule has 250 valence electrons. The third-order valence-electron chi connectivity index (χ3n) is 7.07. The van der Waals surface area contributed by atoms with E-state index >= 15 is 0 Å². The Morgan fingerprint density at radius 1 is 0.681 bits per heavy atom. The Kier molecular flexibility index (Phi) is 14.4. The zero-order valence-electron chi connectivity index (χ0n) is 26.2. The summed E-state index contributed by atoms with van der Waals surface area (Å²) in [6.07, 6.45) is 0.315. The molecule has 4 amide bonds. The number of benzene rings is 2. The first-order chi connectivity index (χ1) is 22.9. The van der Waals surface area contributed by atoms with Crippen LogP contribution in [0.1, 0.15) is 48.8 Å². The Balaban J connectivity index is 0.971. The SMILES string of the molecule is O=C(CCOCCOCCOCCOCCC(=O)ON1C(=O)CCC1=O)NCCC(=O)N1Cc2ccccc2C#Cc2ccccc21. The largest absolute Gasteiger partial charge is 0.379 e. The second-order valence-electron chi connectivity index (χ2n) is 10.5. The van der Waals surface area contributed by atoms with Gasteiger partial charge in [-0.05, 0) is 23.8 Å². The third-order valence-corrected chi connectivity index (χ3v) is 7.07. The molecule has 1 N–H and O–H groups in total. The average molecular weight is 650 g/mol. The molecule has 2 aliphatic rings. The van der Waals surface area contributed by atoms with Crippen molar-refractivity contribution in [2.45, 2.75) is 38.6 Å². The zero-order chi connectivity index (χ0) is 33.3. The Morgan fingerprint density at radius 3 is 1.91 bits per heavy atom. The van der Waals surface area contributed by atoms with Crippen LogP contribution < -0.4 is 10.2 Å². The van der Waals surface area contributed by atoms with Gasteiger partial charge in [0.05, 0.1) is 71.5 Å². The quantitative estimate of drug-likeness (QED) is 0.136. The maximum Gasteiger partial charge on any atom is 0.335 e. The number of rotatable bonds is 19. The van der Waals surface area contributed by atoms with Gasteiger partial charge in [-0.1, -0.05) is 42.2 Å². The van der Waals surface area contributed by atoms with Crippen LogP contribution in [0.5, 0.6) is 0 Å². The number of hydrogen-bond donors (Lipinski definition) is 1. The Morgan fingerprint density at radius 2 is 1.23 bits per heavy atom. The first-order valence-electron chi connectivity index (χ1n) is 15.6.